The molecule has 5 rings (SSSR count). The Bertz CT molecular complexity index is 1400. The summed E-state index contributed by atoms with van der Waals surface area (Å²) in [4.78, 5) is 39.5. The summed E-state index contributed by atoms with van der Waals surface area (Å²) in [6.07, 6.45) is 5.27. The normalized spacial score (nSPS) is 20.9. The number of hydrogen-bond donors (Lipinski definition) is 2. The van der Waals surface area contributed by atoms with Crippen molar-refractivity contribution in [1.29, 1.82) is 0 Å². The van der Waals surface area contributed by atoms with Crippen molar-refractivity contribution >= 4 is 22.8 Å². The summed E-state index contributed by atoms with van der Waals surface area (Å²) in [6, 6.07) is 15.0. The van der Waals surface area contributed by atoms with E-state index in [4.69, 9.17) is 9.15 Å². The Morgan fingerprint density at radius 1 is 1.15 bits per heavy atom. The van der Waals surface area contributed by atoms with Gasteiger partial charge >= 0.3 is 5.63 Å². The maximum atomic E-state index is 12.7. The SMILES string of the molecule is Cc1c(Cc2ccccc2)c(=O)oc2cc(OCC(=O)NCCC(=O)N3CC[C@@]4(O)CCCC[C@H]4C3)ccc12. The van der Waals surface area contributed by atoms with E-state index >= 15 is 0 Å². The molecule has 3 aromatic rings. The fraction of sp³-hybridized carbons (Fsp3) is 0.452. The first kappa shape index (κ1) is 26.9. The van der Waals surface area contributed by atoms with Gasteiger partial charge in [-0.15, -0.1) is 0 Å². The van der Waals surface area contributed by atoms with Crippen molar-refractivity contribution < 1.29 is 23.8 Å². The summed E-state index contributed by atoms with van der Waals surface area (Å²) in [5, 5.41) is 14.4. The van der Waals surface area contributed by atoms with Crippen molar-refractivity contribution in [2.45, 2.75) is 57.5 Å². The number of carbonyl (C=O) groups excluding carboxylic acids is 2. The molecule has 2 fully saturated rings. The molecular formula is C31H36N2O6. The van der Waals surface area contributed by atoms with E-state index in [9.17, 15) is 19.5 Å². The maximum absolute atomic E-state index is 12.7. The molecule has 1 saturated carbocycles. The van der Waals surface area contributed by atoms with Gasteiger partial charge in [-0.1, -0.05) is 43.2 Å². The lowest BCUT2D eigenvalue weighted by Gasteiger charge is -2.47. The zero-order chi connectivity index (χ0) is 27.4. The van der Waals surface area contributed by atoms with E-state index in [1.807, 2.05) is 48.2 Å². The van der Waals surface area contributed by atoms with E-state index in [2.05, 4.69) is 5.32 Å². The van der Waals surface area contributed by atoms with Gasteiger partial charge in [0.1, 0.15) is 11.3 Å². The Labute approximate surface area is 228 Å². The van der Waals surface area contributed by atoms with Crippen molar-refractivity contribution in [2.75, 3.05) is 26.2 Å². The van der Waals surface area contributed by atoms with Gasteiger partial charge in [0.05, 0.1) is 5.60 Å². The smallest absolute Gasteiger partial charge is 0.340 e. The first-order valence-electron chi connectivity index (χ1n) is 13.8. The highest BCUT2D eigenvalue weighted by molar-refractivity contribution is 5.83. The largest absolute Gasteiger partial charge is 0.484 e. The molecule has 2 heterocycles. The van der Waals surface area contributed by atoms with Crippen LogP contribution < -0.4 is 15.7 Å². The number of nitrogens with one attached hydrogen (secondary N) is 1. The molecule has 1 aliphatic heterocycles. The lowest BCUT2D eigenvalue weighted by atomic mass is 9.71. The van der Waals surface area contributed by atoms with Crippen LogP contribution in [0.15, 0.2) is 57.7 Å². The molecule has 0 radical (unpaired) electrons. The summed E-state index contributed by atoms with van der Waals surface area (Å²) in [5.74, 6) is 0.229. The molecule has 1 aromatic heterocycles. The quantitative estimate of drug-likeness (QED) is 0.428. The Morgan fingerprint density at radius 2 is 1.97 bits per heavy atom. The lowest BCUT2D eigenvalue weighted by molar-refractivity contribution is -0.143. The number of aryl methyl sites for hydroxylation is 1. The summed E-state index contributed by atoms with van der Waals surface area (Å²) in [7, 11) is 0. The molecular weight excluding hydrogens is 496 g/mol. The van der Waals surface area contributed by atoms with Crippen LogP contribution in [-0.2, 0) is 16.0 Å². The molecule has 2 atom stereocenters. The molecule has 0 bridgehead atoms. The monoisotopic (exact) mass is 532 g/mol. The lowest BCUT2D eigenvalue weighted by Crippen LogP contribution is -2.54. The maximum Gasteiger partial charge on any atom is 0.340 e. The molecule has 1 aliphatic carbocycles. The van der Waals surface area contributed by atoms with Gasteiger partial charge in [-0.05, 0) is 49.4 Å². The van der Waals surface area contributed by atoms with E-state index in [-0.39, 0.29) is 42.9 Å². The molecule has 8 nitrogen and oxygen atoms in total. The Morgan fingerprint density at radius 3 is 2.79 bits per heavy atom. The first-order valence-corrected chi connectivity index (χ1v) is 13.8. The second-order valence-corrected chi connectivity index (χ2v) is 10.8. The van der Waals surface area contributed by atoms with Crippen molar-refractivity contribution in [1.82, 2.24) is 10.2 Å². The molecule has 206 valence electrons. The Balaban J connectivity index is 1.11. The van der Waals surface area contributed by atoms with Crippen LogP contribution in [-0.4, -0.2) is 53.7 Å². The van der Waals surface area contributed by atoms with E-state index in [0.29, 0.717) is 42.8 Å². The average molecular weight is 533 g/mol. The molecule has 0 unspecified atom stereocenters. The topological polar surface area (TPSA) is 109 Å². The Kier molecular flexibility index (Phi) is 8.02. The van der Waals surface area contributed by atoms with Crippen molar-refractivity contribution in [3.8, 4) is 5.75 Å². The fourth-order valence-electron chi connectivity index (χ4n) is 5.93. The van der Waals surface area contributed by atoms with Crippen LogP contribution in [0.1, 0.15) is 55.2 Å². The van der Waals surface area contributed by atoms with Gasteiger partial charge in [0, 0.05) is 55.4 Å². The Hall–Kier alpha value is -3.65. The van der Waals surface area contributed by atoms with Gasteiger partial charge in [-0.2, -0.15) is 0 Å². The molecule has 2 aliphatic rings. The molecule has 1 saturated heterocycles. The number of fused-ring (bicyclic) bond motifs is 2. The fourth-order valence-corrected chi connectivity index (χ4v) is 5.93. The van der Waals surface area contributed by atoms with Gasteiger partial charge in [0.25, 0.3) is 5.91 Å². The highest BCUT2D eigenvalue weighted by Gasteiger charge is 2.43. The molecule has 2 N–H and O–H groups in total. The summed E-state index contributed by atoms with van der Waals surface area (Å²) < 4.78 is 11.2. The first-order chi connectivity index (χ1) is 18.8. The minimum atomic E-state index is -0.616. The van der Waals surface area contributed by atoms with Gasteiger partial charge in [-0.3, -0.25) is 9.59 Å². The third-order valence-corrected chi connectivity index (χ3v) is 8.29. The number of ether oxygens (including phenoxy) is 1. The zero-order valence-electron chi connectivity index (χ0n) is 22.4. The van der Waals surface area contributed by atoms with Crippen LogP contribution in [0.5, 0.6) is 5.75 Å². The van der Waals surface area contributed by atoms with Crippen molar-refractivity contribution in [3.05, 3.63) is 75.6 Å². The number of nitrogens with zero attached hydrogens (tertiary/aromatic N) is 1. The third kappa shape index (κ3) is 6.17. The van der Waals surface area contributed by atoms with E-state index in [1.54, 1.807) is 12.1 Å². The number of carbonyl (C=O) groups is 2. The second kappa shape index (κ2) is 11.6. The number of hydrogen-bond acceptors (Lipinski definition) is 6. The van der Waals surface area contributed by atoms with Crippen molar-refractivity contribution in [2.24, 2.45) is 5.92 Å². The van der Waals surface area contributed by atoms with Gasteiger partial charge < -0.3 is 24.5 Å². The molecule has 2 aromatic carbocycles. The van der Waals surface area contributed by atoms with Gasteiger partial charge in [-0.25, -0.2) is 4.79 Å². The van der Waals surface area contributed by atoms with E-state index < -0.39 is 5.60 Å². The van der Waals surface area contributed by atoms with Crippen molar-refractivity contribution in [3.63, 3.8) is 0 Å². The number of piperidine rings is 1. The number of benzene rings is 2. The molecule has 0 spiro atoms. The van der Waals surface area contributed by atoms with Crippen LogP contribution in [0.2, 0.25) is 0 Å². The number of amides is 2. The van der Waals surface area contributed by atoms with Crippen LogP contribution in [0.4, 0.5) is 0 Å². The second-order valence-electron chi connectivity index (χ2n) is 10.8. The highest BCUT2D eigenvalue weighted by Crippen LogP contribution is 2.39. The average Bonchev–Trinajstić information content (AvgIpc) is 2.94. The van der Waals surface area contributed by atoms with Crippen LogP contribution >= 0.6 is 0 Å². The third-order valence-electron chi connectivity index (χ3n) is 8.29. The zero-order valence-corrected chi connectivity index (χ0v) is 22.4. The van der Waals surface area contributed by atoms with E-state index in [0.717, 1.165) is 42.2 Å². The highest BCUT2D eigenvalue weighted by atomic mass is 16.5. The van der Waals surface area contributed by atoms with Crippen LogP contribution in [0.25, 0.3) is 11.0 Å². The summed E-state index contributed by atoms with van der Waals surface area (Å²) in [6.45, 7) is 3.08. The van der Waals surface area contributed by atoms with Crippen LogP contribution in [0, 0.1) is 12.8 Å². The minimum Gasteiger partial charge on any atom is -0.484 e. The van der Waals surface area contributed by atoms with E-state index in [1.165, 1.54) is 0 Å². The summed E-state index contributed by atoms with van der Waals surface area (Å²) >= 11 is 0. The van der Waals surface area contributed by atoms with Gasteiger partial charge in [0.2, 0.25) is 5.91 Å². The predicted molar refractivity (Wildman–Crippen MR) is 148 cm³/mol. The number of likely N-dealkylation sites (tertiary alicyclic amines) is 1. The standard InChI is InChI=1S/C31H36N2O6/c1-21-25-11-10-24(18-27(25)39-30(36)26(21)17-22-7-3-2-4-8-22)38-20-28(34)32-15-12-29(35)33-16-14-31(37)13-6-5-9-23(31)19-33/h2-4,7-8,10-11,18,23,37H,5-6,9,12-17,19-20H2,1H3,(H,32,34)/t23-,31-/m0/s1. The van der Waals surface area contributed by atoms with Crippen LogP contribution in [0.3, 0.4) is 0 Å². The molecule has 8 heteroatoms. The summed E-state index contributed by atoms with van der Waals surface area (Å²) in [5.41, 5.74) is 1.92. The number of aliphatic hydroxyl groups is 1. The number of rotatable bonds is 8. The molecule has 39 heavy (non-hydrogen) atoms. The van der Waals surface area contributed by atoms with Gasteiger partial charge in [0.15, 0.2) is 6.61 Å². The molecule has 2 amide bonds. The predicted octanol–water partition coefficient (Wildman–Crippen LogP) is 3.73. The minimum absolute atomic E-state index is 0.00426.